The zero-order chi connectivity index (χ0) is 15.7. The number of hydrogen-bond donors (Lipinski definition) is 2. The molecule has 0 radical (unpaired) electrons. The smallest absolute Gasteiger partial charge is 0.187 e. The van der Waals surface area contributed by atoms with Gasteiger partial charge >= 0.3 is 0 Å². The third-order valence-electron chi connectivity index (χ3n) is 5.32. The lowest BCUT2D eigenvalue weighted by Crippen LogP contribution is -2.55. The Labute approximate surface area is 131 Å². The van der Waals surface area contributed by atoms with Gasteiger partial charge in [0.25, 0.3) is 0 Å². The predicted molar refractivity (Wildman–Crippen MR) is 85.0 cm³/mol. The molecule has 2 N–H and O–H groups in total. The van der Waals surface area contributed by atoms with Crippen LogP contribution in [-0.2, 0) is 11.3 Å². The zero-order valence-electron chi connectivity index (χ0n) is 13.5. The molecule has 5 nitrogen and oxygen atoms in total. The van der Waals surface area contributed by atoms with Gasteiger partial charge in [-0.15, -0.1) is 0 Å². The highest BCUT2D eigenvalue weighted by Crippen LogP contribution is 2.35. The fourth-order valence-electron chi connectivity index (χ4n) is 3.67. The van der Waals surface area contributed by atoms with Gasteiger partial charge in [-0.2, -0.15) is 0 Å². The number of hydrogen-bond acceptors (Lipinski definition) is 4. The monoisotopic (exact) mass is 306 g/mol. The van der Waals surface area contributed by atoms with E-state index in [0.717, 1.165) is 68.7 Å². The Kier molecular flexibility index (Phi) is 4.39. The Balaban J connectivity index is 1.65. The second-order valence-electron chi connectivity index (χ2n) is 6.75. The lowest BCUT2D eigenvalue weighted by Gasteiger charge is -2.46. The number of likely N-dealkylation sites (tertiary alicyclic amines) is 1. The molecule has 2 saturated heterocycles. The standard InChI is InChI=1S/C17H26N2O3/c1-12-10-18-14(13(2)16(12)21)11-19-7-5-17(6-8-19)15(20)4-3-9-22-17/h10,15,20H,3-9,11H2,1-2H3,(H,18,21). The van der Waals surface area contributed by atoms with Crippen LogP contribution in [-0.4, -0.2) is 46.4 Å². The average molecular weight is 306 g/mol. The van der Waals surface area contributed by atoms with Gasteiger partial charge in [-0.3, -0.25) is 9.69 Å². The fourth-order valence-corrected chi connectivity index (χ4v) is 3.67. The van der Waals surface area contributed by atoms with Crippen molar-refractivity contribution in [2.24, 2.45) is 0 Å². The minimum absolute atomic E-state index is 0.133. The van der Waals surface area contributed by atoms with Gasteiger partial charge in [-0.25, -0.2) is 0 Å². The first-order valence-corrected chi connectivity index (χ1v) is 8.24. The molecule has 22 heavy (non-hydrogen) atoms. The summed E-state index contributed by atoms with van der Waals surface area (Å²) >= 11 is 0. The molecule has 0 amide bonds. The van der Waals surface area contributed by atoms with Crippen LogP contribution in [0, 0.1) is 13.8 Å². The Morgan fingerprint density at radius 3 is 2.82 bits per heavy atom. The number of aliphatic hydroxyl groups is 1. The highest BCUT2D eigenvalue weighted by molar-refractivity contribution is 5.23. The lowest BCUT2D eigenvalue weighted by atomic mass is 9.82. The minimum Gasteiger partial charge on any atom is -0.390 e. The van der Waals surface area contributed by atoms with E-state index in [1.54, 1.807) is 6.20 Å². The highest BCUT2D eigenvalue weighted by Gasteiger charge is 2.43. The maximum Gasteiger partial charge on any atom is 0.187 e. The summed E-state index contributed by atoms with van der Waals surface area (Å²) in [6.07, 6.45) is 5.00. The third kappa shape index (κ3) is 2.85. The quantitative estimate of drug-likeness (QED) is 0.869. The molecule has 1 aromatic heterocycles. The maximum atomic E-state index is 12.0. The maximum absolute atomic E-state index is 12.0. The molecule has 2 aliphatic heterocycles. The van der Waals surface area contributed by atoms with E-state index in [4.69, 9.17) is 4.74 Å². The van der Waals surface area contributed by atoms with E-state index >= 15 is 0 Å². The molecule has 0 aromatic carbocycles. The van der Waals surface area contributed by atoms with E-state index in [2.05, 4.69) is 9.88 Å². The van der Waals surface area contributed by atoms with E-state index in [-0.39, 0.29) is 17.1 Å². The van der Waals surface area contributed by atoms with Crippen LogP contribution in [0.4, 0.5) is 0 Å². The van der Waals surface area contributed by atoms with E-state index < -0.39 is 0 Å². The Hall–Kier alpha value is -1.17. The number of aromatic amines is 1. The molecule has 2 fully saturated rings. The normalized spacial score (nSPS) is 25.5. The molecule has 3 rings (SSSR count). The summed E-state index contributed by atoms with van der Waals surface area (Å²) in [7, 11) is 0. The van der Waals surface area contributed by atoms with E-state index in [1.165, 1.54) is 0 Å². The van der Waals surface area contributed by atoms with Crippen LogP contribution in [0.25, 0.3) is 0 Å². The molecule has 2 aliphatic rings. The van der Waals surface area contributed by atoms with Gasteiger partial charge in [0.15, 0.2) is 5.43 Å². The van der Waals surface area contributed by atoms with Gasteiger partial charge < -0.3 is 14.8 Å². The molecular weight excluding hydrogens is 280 g/mol. The number of rotatable bonds is 2. The second-order valence-corrected chi connectivity index (χ2v) is 6.75. The molecular formula is C17H26N2O3. The Morgan fingerprint density at radius 2 is 2.14 bits per heavy atom. The summed E-state index contributed by atoms with van der Waals surface area (Å²) < 4.78 is 5.94. The topological polar surface area (TPSA) is 65.6 Å². The molecule has 5 heteroatoms. The van der Waals surface area contributed by atoms with E-state index in [9.17, 15) is 9.90 Å². The van der Waals surface area contributed by atoms with Crippen LogP contribution < -0.4 is 5.43 Å². The van der Waals surface area contributed by atoms with Gasteiger partial charge in [0.1, 0.15) is 0 Å². The van der Waals surface area contributed by atoms with Crippen molar-refractivity contribution in [1.82, 2.24) is 9.88 Å². The van der Waals surface area contributed by atoms with Crippen molar-refractivity contribution in [3.63, 3.8) is 0 Å². The predicted octanol–water partition coefficient (Wildman–Crippen LogP) is 1.50. The number of nitrogens with zero attached hydrogens (tertiary/aromatic N) is 1. The van der Waals surface area contributed by atoms with Gasteiger partial charge in [0, 0.05) is 49.3 Å². The summed E-state index contributed by atoms with van der Waals surface area (Å²) in [5.74, 6) is 0. The number of ether oxygens (including phenoxy) is 1. The van der Waals surface area contributed by atoms with Crippen LogP contribution in [0.1, 0.15) is 42.5 Å². The van der Waals surface area contributed by atoms with Crippen LogP contribution in [0.3, 0.4) is 0 Å². The first-order valence-electron chi connectivity index (χ1n) is 8.24. The minimum atomic E-state index is -0.329. The Morgan fingerprint density at radius 1 is 1.41 bits per heavy atom. The number of aromatic nitrogens is 1. The number of aliphatic hydroxyl groups excluding tert-OH is 1. The first-order chi connectivity index (χ1) is 10.5. The van der Waals surface area contributed by atoms with Crippen LogP contribution in [0.2, 0.25) is 0 Å². The zero-order valence-corrected chi connectivity index (χ0v) is 13.5. The number of H-pyrrole nitrogens is 1. The summed E-state index contributed by atoms with van der Waals surface area (Å²) in [5.41, 5.74) is 2.38. The summed E-state index contributed by atoms with van der Waals surface area (Å²) in [6.45, 7) is 7.04. The van der Waals surface area contributed by atoms with Crippen molar-refractivity contribution >= 4 is 0 Å². The van der Waals surface area contributed by atoms with Crippen molar-refractivity contribution in [3.8, 4) is 0 Å². The second kappa shape index (κ2) is 6.14. The first kappa shape index (κ1) is 15.7. The number of aryl methyl sites for hydroxylation is 1. The summed E-state index contributed by atoms with van der Waals surface area (Å²) in [4.78, 5) is 17.6. The van der Waals surface area contributed by atoms with Gasteiger partial charge in [-0.05, 0) is 39.5 Å². The van der Waals surface area contributed by atoms with Gasteiger partial charge in [0.2, 0.25) is 0 Å². The third-order valence-corrected chi connectivity index (χ3v) is 5.32. The molecule has 1 aromatic rings. The molecule has 0 bridgehead atoms. The van der Waals surface area contributed by atoms with Crippen LogP contribution >= 0.6 is 0 Å². The van der Waals surface area contributed by atoms with E-state index in [0.29, 0.717) is 0 Å². The van der Waals surface area contributed by atoms with Crippen LogP contribution in [0.15, 0.2) is 11.0 Å². The van der Waals surface area contributed by atoms with Crippen molar-refractivity contribution in [1.29, 1.82) is 0 Å². The molecule has 3 heterocycles. The lowest BCUT2D eigenvalue weighted by molar-refractivity contribution is -0.177. The van der Waals surface area contributed by atoms with Crippen molar-refractivity contribution in [2.75, 3.05) is 19.7 Å². The van der Waals surface area contributed by atoms with E-state index in [1.807, 2.05) is 13.8 Å². The number of nitrogens with one attached hydrogen (secondary N) is 1. The van der Waals surface area contributed by atoms with Gasteiger partial charge in [-0.1, -0.05) is 0 Å². The van der Waals surface area contributed by atoms with Crippen molar-refractivity contribution in [2.45, 2.75) is 57.8 Å². The van der Waals surface area contributed by atoms with Crippen molar-refractivity contribution in [3.05, 3.63) is 33.2 Å². The fraction of sp³-hybridized carbons (Fsp3) is 0.706. The average Bonchev–Trinajstić information content (AvgIpc) is 2.53. The Bertz CT molecular complexity index is 588. The SMILES string of the molecule is Cc1c[nH]c(CN2CCC3(CC2)OCCCC3O)c(C)c1=O. The molecule has 0 saturated carbocycles. The molecule has 1 atom stereocenters. The summed E-state index contributed by atoms with van der Waals surface area (Å²) in [6, 6.07) is 0. The largest absolute Gasteiger partial charge is 0.390 e. The molecule has 122 valence electrons. The molecule has 1 spiro atoms. The summed E-state index contributed by atoms with van der Waals surface area (Å²) in [5, 5.41) is 10.3. The number of piperidine rings is 1. The highest BCUT2D eigenvalue weighted by atomic mass is 16.5. The number of pyridine rings is 1. The molecule has 0 aliphatic carbocycles. The van der Waals surface area contributed by atoms with Crippen molar-refractivity contribution < 1.29 is 9.84 Å². The van der Waals surface area contributed by atoms with Gasteiger partial charge in [0.05, 0.1) is 11.7 Å². The molecule has 1 unspecified atom stereocenters. The van der Waals surface area contributed by atoms with Crippen LogP contribution in [0.5, 0.6) is 0 Å².